The highest BCUT2D eigenvalue weighted by Crippen LogP contribution is 2.23. The van der Waals surface area contributed by atoms with Gasteiger partial charge in [0.1, 0.15) is 5.69 Å². The largest absolute Gasteiger partial charge is 0.545 e. The van der Waals surface area contributed by atoms with Crippen molar-refractivity contribution in [3.05, 3.63) is 57.0 Å². The average Bonchev–Trinajstić information content (AvgIpc) is 2.43. The molecular weight excluding hydrogens is 298 g/mol. The Morgan fingerprint density at radius 2 is 2.00 bits per heavy atom. The fraction of sp³-hybridized carbons (Fsp3) is 0.0769. The van der Waals surface area contributed by atoms with E-state index >= 15 is 0 Å². The van der Waals surface area contributed by atoms with E-state index in [-0.39, 0.29) is 27.5 Å². The van der Waals surface area contributed by atoms with E-state index in [9.17, 15) is 19.5 Å². The Kier molecular flexibility index (Phi) is 4.04. The van der Waals surface area contributed by atoms with Crippen LogP contribution in [-0.4, -0.2) is 21.7 Å². The summed E-state index contributed by atoms with van der Waals surface area (Å²) in [5, 5.41) is 17.2. The molecule has 7 nitrogen and oxygen atoms in total. The Hall–Kier alpha value is -2.67. The van der Waals surface area contributed by atoms with E-state index in [0.717, 1.165) is 4.68 Å². The van der Waals surface area contributed by atoms with E-state index in [4.69, 9.17) is 11.6 Å². The number of amides is 1. The molecule has 0 aliphatic rings. The molecule has 2 rings (SSSR count). The van der Waals surface area contributed by atoms with E-state index < -0.39 is 11.9 Å². The molecule has 1 heterocycles. The first-order valence-corrected chi connectivity index (χ1v) is 6.13. The van der Waals surface area contributed by atoms with Crippen molar-refractivity contribution in [2.75, 3.05) is 5.32 Å². The second-order valence-electron chi connectivity index (χ2n) is 4.12. The van der Waals surface area contributed by atoms with E-state index in [1.165, 1.54) is 37.4 Å². The zero-order chi connectivity index (χ0) is 15.6. The summed E-state index contributed by atoms with van der Waals surface area (Å²) < 4.78 is 1.01. The van der Waals surface area contributed by atoms with Gasteiger partial charge in [0.25, 0.3) is 11.5 Å². The molecule has 0 unspecified atom stereocenters. The van der Waals surface area contributed by atoms with Crippen molar-refractivity contribution in [3.63, 3.8) is 0 Å². The van der Waals surface area contributed by atoms with Gasteiger partial charge in [-0.2, -0.15) is 5.10 Å². The molecule has 0 aliphatic heterocycles. The summed E-state index contributed by atoms with van der Waals surface area (Å²) in [7, 11) is 1.41. The van der Waals surface area contributed by atoms with Gasteiger partial charge in [-0.05, 0) is 23.8 Å². The Bertz CT molecular complexity index is 785. The first-order chi connectivity index (χ1) is 9.88. The molecule has 8 heteroatoms. The first kappa shape index (κ1) is 14.7. The summed E-state index contributed by atoms with van der Waals surface area (Å²) in [6.07, 6.45) is 0. The number of aromatic carboxylic acids is 1. The number of aryl methyl sites for hydroxylation is 1. The lowest BCUT2D eigenvalue weighted by atomic mass is 10.2. The van der Waals surface area contributed by atoms with Crippen molar-refractivity contribution >= 4 is 29.2 Å². The van der Waals surface area contributed by atoms with Crippen molar-refractivity contribution < 1.29 is 14.7 Å². The van der Waals surface area contributed by atoms with Crippen LogP contribution in [0.25, 0.3) is 0 Å². The molecule has 108 valence electrons. The number of hydrogen-bond donors (Lipinski definition) is 1. The number of carbonyl (C=O) groups is 2. The monoisotopic (exact) mass is 306 g/mol. The van der Waals surface area contributed by atoms with E-state index in [0.29, 0.717) is 0 Å². The third kappa shape index (κ3) is 3.26. The van der Waals surface area contributed by atoms with Crippen LogP contribution in [0.15, 0.2) is 35.1 Å². The third-order valence-electron chi connectivity index (χ3n) is 2.64. The zero-order valence-corrected chi connectivity index (χ0v) is 11.5. The number of benzene rings is 1. The summed E-state index contributed by atoms with van der Waals surface area (Å²) in [6.45, 7) is 0. The van der Waals surface area contributed by atoms with Crippen LogP contribution >= 0.6 is 11.6 Å². The van der Waals surface area contributed by atoms with Gasteiger partial charge in [0.05, 0.1) is 16.7 Å². The van der Waals surface area contributed by atoms with E-state index in [1.807, 2.05) is 0 Å². The van der Waals surface area contributed by atoms with Crippen LogP contribution in [0.5, 0.6) is 0 Å². The van der Waals surface area contributed by atoms with Gasteiger partial charge in [-0.25, -0.2) is 4.68 Å². The topological polar surface area (TPSA) is 104 Å². The number of carboxylic acids is 1. The summed E-state index contributed by atoms with van der Waals surface area (Å²) in [5.41, 5.74) is -0.377. The van der Waals surface area contributed by atoms with Crippen molar-refractivity contribution in [3.8, 4) is 0 Å². The first-order valence-electron chi connectivity index (χ1n) is 5.75. The number of anilines is 1. The van der Waals surface area contributed by atoms with Crippen LogP contribution in [0.2, 0.25) is 5.02 Å². The fourth-order valence-corrected chi connectivity index (χ4v) is 1.72. The van der Waals surface area contributed by atoms with Gasteiger partial charge in [-0.15, -0.1) is 0 Å². The molecular formula is C13H9ClN3O4-. The lowest BCUT2D eigenvalue weighted by Gasteiger charge is -2.10. The minimum atomic E-state index is -1.39. The van der Waals surface area contributed by atoms with Crippen molar-refractivity contribution in [2.45, 2.75) is 0 Å². The molecule has 1 amide bonds. The predicted octanol–water partition coefficient (Wildman–Crippen LogP) is 0.0495. The third-order valence-corrected chi connectivity index (χ3v) is 2.97. The maximum atomic E-state index is 12.0. The quantitative estimate of drug-likeness (QED) is 0.862. The molecule has 0 bridgehead atoms. The summed E-state index contributed by atoms with van der Waals surface area (Å²) in [6, 6.07) is 6.22. The maximum absolute atomic E-state index is 12.0. The van der Waals surface area contributed by atoms with Gasteiger partial charge in [0, 0.05) is 13.1 Å². The summed E-state index contributed by atoms with van der Waals surface area (Å²) in [5.74, 6) is -2.01. The average molecular weight is 307 g/mol. The highest BCUT2D eigenvalue weighted by molar-refractivity contribution is 6.34. The molecule has 1 aromatic heterocycles. The van der Waals surface area contributed by atoms with Gasteiger partial charge >= 0.3 is 0 Å². The van der Waals surface area contributed by atoms with Crippen molar-refractivity contribution in [1.82, 2.24) is 9.78 Å². The Morgan fingerprint density at radius 3 is 2.62 bits per heavy atom. The normalized spacial score (nSPS) is 10.2. The van der Waals surface area contributed by atoms with Gasteiger partial charge in [-0.3, -0.25) is 9.59 Å². The lowest BCUT2D eigenvalue weighted by molar-refractivity contribution is -0.255. The van der Waals surface area contributed by atoms with Crippen LogP contribution in [0.4, 0.5) is 5.69 Å². The number of nitrogens with one attached hydrogen (secondary N) is 1. The van der Waals surface area contributed by atoms with Crippen molar-refractivity contribution in [2.24, 2.45) is 7.05 Å². The van der Waals surface area contributed by atoms with Crippen LogP contribution in [0.3, 0.4) is 0 Å². The van der Waals surface area contributed by atoms with Crippen LogP contribution in [-0.2, 0) is 7.05 Å². The molecule has 21 heavy (non-hydrogen) atoms. The Balaban J connectivity index is 2.30. The molecule has 0 saturated carbocycles. The number of nitrogens with zero attached hydrogens (tertiary/aromatic N) is 2. The van der Waals surface area contributed by atoms with Gasteiger partial charge in [0.15, 0.2) is 0 Å². The van der Waals surface area contributed by atoms with Gasteiger partial charge < -0.3 is 15.2 Å². The molecule has 0 spiro atoms. The van der Waals surface area contributed by atoms with Crippen LogP contribution < -0.4 is 16.0 Å². The second kappa shape index (κ2) is 5.76. The SMILES string of the molecule is Cn1nc(C(=O)Nc2cc(C(=O)[O-])ccc2Cl)ccc1=O. The minimum absolute atomic E-state index is 0.00739. The van der Waals surface area contributed by atoms with E-state index in [2.05, 4.69) is 10.4 Å². The highest BCUT2D eigenvalue weighted by atomic mass is 35.5. The summed E-state index contributed by atoms with van der Waals surface area (Å²) in [4.78, 5) is 34.0. The Morgan fingerprint density at radius 1 is 1.29 bits per heavy atom. The number of halogens is 1. The molecule has 0 fully saturated rings. The molecule has 0 saturated heterocycles. The van der Waals surface area contributed by atoms with Gasteiger partial charge in [0.2, 0.25) is 0 Å². The van der Waals surface area contributed by atoms with Crippen molar-refractivity contribution in [1.29, 1.82) is 0 Å². The zero-order valence-electron chi connectivity index (χ0n) is 10.8. The van der Waals surface area contributed by atoms with Crippen LogP contribution in [0, 0.1) is 0 Å². The minimum Gasteiger partial charge on any atom is -0.545 e. The molecule has 1 N–H and O–H groups in total. The number of rotatable bonds is 3. The fourth-order valence-electron chi connectivity index (χ4n) is 1.56. The van der Waals surface area contributed by atoms with Gasteiger partial charge in [-0.1, -0.05) is 17.7 Å². The standard InChI is InChI=1S/C13H10ClN3O4/c1-17-11(18)5-4-9(16-17)12(19)15-10-6-7(13(20)21)2-3-8(10)14/h2-6H,1H3,(H,15,19)(H,20,21)/p-1. The lowest BCUT2D eigenvalue weighted by Crippen LogP contribution is -2.24. The number of hydrogen-bond acceptors (Lipinski definition) is 5. The van der Waals surface area contributed by atoms with E-state index in [1.54, 1.807) is 0 Å². The Labute approximate surface area is 123 Å². The maximum Gasteiger partial charge on any atom is 0.276 e. The smallest absolute Gasteiger partial charge is 0.276 e. The number of carboxylic acid groups (broad SMARTS) is 1. The molecule has 2 aromatic rings. The number of aromatic nitrogens is 2. The predicted molar refractivity (Wildman–Crippen MR) is 73.2 cm³/mol. The molecule has 1 aromatic carbocycles. The molecule has 0 aliphatic carbocycles. The molecule has 0 radical (unpaired) electrons. The second-order valence-corrected chi connectivity index (χ2v) is 4.52. The highest BCUT2D eigenvalue weighted by Gasteiger charge is 2.11. The summed E-state index contributed by atoms with van der Waals surface area (Å²) >= 11 is 5.89. The number of carbonyl (C=O) groups excluding carboxylic acids is 2. The van der Waals surface area contributed by atoms with Crippen LogP contribution in [0.1, 0.15) is 20.8 Å². The molecule has 0 atom stereocenters.